The van der Waals surface area contributed by atoms with Crippen LogP contribution in [-0.4, -0.2) is 23.7 Å². The molecule has 0 atom stereocenters. The van der Waals surface area contributed by atoms with Crippen molar-refractivity contribution in [2.24, 2.45) is 0 Å². The zero-order valence-electron chi connectivity index (χ0n) is 15.4. The SMILES string of the molecule is CC(C)(C)c1cc(NS(=O)(=O)Cc2nncs2)cc(C(C)(C)C)c1O. The van der Waals surface area contributed by atoms with E-state index in [9.17, 15) is 13.5 Å². The number of nitrogens with zero attached hydrogens (tertiary/aromatic N) is 2. The van der Waals surface area contributed by atoms with Crippen molar-refractivity contribution in [2.75, 3.05) is 4.72 Å². The van der Waals surface area contributed by atoms with Crippen molar-refractivity contribution in [3.63, 3.8) is 0 Å². The molecule has 8 heteroatoms. The number of hydrogen-bond acceptors (Lipinski definition) is 6. The topological polar surface area (TPSA) is 92.2 Å². The van der Waals surface area contributed by atoms with Crippen LogP contribution in [0.1, 0.15) is 57.7 Å². The Morgan fingerprint density at radius 3 is 2.00 bits per heavy atom. The summed E-state index contributed by atoms with van der Waals surface area (Å²) in [4.78, 5) is 0. The van der Waals surface area contributed by atoms with Gasteiger partial charge in [-0.25, -0.2) is 8.42 Å². The van der Waals surface area contributed by atoms with Crippen LogP contribution in [0.5, 0.6) is 5.75 Å². The maximum atomic E-state index is 12.4. The molecule has 2 aromatic rings. The lowest BCUT2D eigenvalue weighted by atomic mass is 9.79. The standard InChI is InChI=1S/C17H25N3O3S2/c1-16(2,3)12-7-11(8-13(15(12)21)17(4,5)6)20-25(22,23)9-14-19-18-10-24-14/h7-8,10,20-21H,9H2,1-6H3. The van der Waals surface area contributed by atoms with Crippen LogP contribution in [0.2, 0.25) is 0 Å². The van der Waals surface area contributed by atoms with E-state index in [1.807, 2.05) is 41.5 Å². The minimum Gasteiger partial charge on any atom is -0.507 e. The summed E-state index contributed by atoms with van der Waals surface area (Å²) in [6.45, 7) is 11.9. The van der Waals surface area contributed by atoms with E-state index < -0.39 is 10.0 Å². The molecule has 25 heavy (non-hydrogen) atoms. The van der Waals surface area contributed by atoms with Gasteiger partial charge in [-0.05, 0) is 23.0 Å². The third kappa shape index (κ3) is 4.92. The van der Waals surface area contributed by atoms with Crippen molar-refractivity contribution < 1.29 is 13.5 Å². The van der Waals surface area contributed by atoms with Crippen LogP contribution in [0.4, 0.5) is 5.69 Å². The number of phenols is 1. The molecule has 0 saturated carbocycles. The first kappa shape index (κ1) is 19.7. The van der Waals surface area contributed by atoms with Crippen LogP contribution in [0, 0.1) is 0 Å². The molecule has 0 saturated heterocycles. The number of aromatic hydroxyl groups is 1. The summed E-state index contributed by atoms with van der Waals surface area (Å²) in [6, 6.07) is 3.39. The van der Waals surface area contributed by atoms with Gasteiger partial charge in [-0.15, -0.1) is 21.5 Å². The smallest absolute Gasteiger partial charge is 0.239 e. The normalized spacial score (nSPS) is 13.0. The van der Waals surface area contributed by atoms with Gasteiger partial charge in [-0.3, -0.25) is 4.72 Å². The van der Waals surface area contributed by atoms with Crippen LogP contribution < -0.4 is 4.72 Å². The van der Waals surface area contributed by atoms with Gasteiger partial charge < -0.3 is 5.11 Å². The van der Waals surface area contributed by atoms with Crippen LogP contribution in [-0.2, 0) is 26.6 Å². The minimum atomic E-state index is -3.62. The number of rotatable bonds is 4. The van der Waals surface area contributed by atoms with E-state index in [0.717, 1.165) is 0 Å². The van der Waals surface area contributed by atoms with Gasteiger partial charge in [0, 0.05) is 16.8 Å². The molecular weight excluding hydrogens is 358 g/mol. The van der Waals surface area contributed by atoms with Crippen LogP contribution in [0.3, 0.4) is 0 Å². The lowest BCUT2D eigenvalue weighted by Crippen LogP contribution is -2.20. The Balaban J connectivity index is 2.47. The van der Waals surface area contributed by atoms with Gasteiger partial charge in [0.2, 0.25) is 10.0 Å². The highest BCUT2D eigenvalue weighted by atomic mass is 32.2. The van der Waals surface area contributed by atoms with Crippen molar-refractivity contribution in [1.82, 2.24) is 10.2 Å². The molecule has 0 spiro atoms. The Kier molecular flexibility index (Phi) is 5.16. The molecule has 0 aliphatic rings. The van der Waals surface area contributed by atoms with Gasteiger partial charge in [0.25, 0.3) is 0 Å². The number of nitrogens with one attached hydrogen (secondary N) is 1. The second kappa shape index (κ2) is 6.57. The molecule has 1 aromatic heterocycles. The van der Waals surface area contributed by atoms with E-state index >= 15 is 0 Å². The summed E-state index contributed by atoms with van der Waals surface area (Å²) >= 11 is 1.20. The fourth-order valence-electron chi connectivity index (χ4n) is 2.47. The third-order valence-electron chi connectivity index (χ3n) is 3.72. The highest BCUT2D eigenvalue weighted by Gasteiger charge is 2.27. The molecule has 1 heterocycles. The van der Waals surface area contributed by atoms with Gasteiger partial charge >= 0.3 is 0 Å². The first-order chi connectivity index (χ1) is 11.3. The zero-order chi connectivity index (χ0) is 19.0. The minimum absolute atomic E-state index is 0.215. The van der Waals surface area contributed by atoms with Gasteiger partial charge in [0.05, 0.1) is 0 Å². The molecule has 0 radical (unpaired) electrons. The molecule has 0 bridgehead atoms. The summed E-state index contributed by atoms with van der Waals surface area (Å²) in [6.07, 6.45) is 0. The zero-order valence-corrected chi connectivity index (χ0v) is 17.0. The second-order valence-corrected chi connectivity index (χ2v) is 10.8. The number of anilines is 1. The van der Waals surface area contributed by atoms with Gasteiger partial charge in [-0.2, -0.15) is 0 Å². The Hall–Kier alpha value is -1.67. The molecule has 0 unspecified atom stereocenters. The highest BCUT2D eigenvalue weighted by Crippen LogP contribution is 2.41. The first-order valence-corrected chi connectivity index (χ1v) is 10.5. The van der Waals surface area contributed by atoms with Crippen molar-refractivity contribution in [1.29, 1.82) is 0 Å². The highest BCUT2D eigenvalue weighted by molar-refractivity contribution is 7.92. The van der Waals surface area contributed by atoms with E-state index in [0.29, 0.717) is 21.8 Å². The maximum absolute atomic E-state index is 12.4. The van der Waals surface area contributed by atoms with Crippen molar-refractivity contribution in [3.05, 3.63) is 33.8 Å². The van der Waals surface area contributed by atoms with E-state index in [1.54, 1.807) is 12.1 Å². The van der Waals surface area contributed by atoms with E-state index in [1.165, 1.54) is 16.8 Å². The summed E-state index contributed by atoms with van der Waals surface area (Å²) in [5.41, 5.74) is 2.69. The average molecular weight is 384 g/mol. The number of sulfonamides is 1. The predicted octanol–water partition coefficient (Wildman–Crippen LogP) is 3.78. The summed E-state index contributed by atoms with van der Waals surface area (Å²) in [5, 5.41) is 18.6. The van der Waals surface area contributed by atoms with E-state index in [-0.39, 0.29) is 22.3 Å². The monoisotopic (exact) mass is 383 g/mol. The second-order valence-electron chi connectivity index (χ2n) is 8.11. The summed E-state index contributed by atoms with van der Waals surface area (Å²) < 4.78 is 27.5. The third-order valence-corrected chi connectivity index (χ3v) is 5.80. The Bertz CT molecular complexity index is 811. The molecule has 1 aromatic carbocycles. The molecule has 6 nitrogen and oxygen atoms in total. The first-order valence-electron chi connectivity index (χ1n) is 7.93. The van der Waals surface area contributed by atoms with Gasteiger partial charge in [0.1, 0.15) is 22.0 Å². The molecule has 0 fully saturated rings. The van der Waals surface area contributed by atoms with E-state index in [4.69, 9.17) is 0 Å². The lowest BCUT2D eigenvalue weighted by Gasteiger charge is -2.28. The van der Waals surface area contributed by atoms with Crippen LogP contribution in [0.15, 0.2) is 17.6 Å². The molecule has 138 valence electrons. The molecule has 0 aliphatic carbocycles. The number of hydrogen-bond donors (Lipinski definition) is 2. The van der Waals surface area contributed by atoms with Gasteiger partial charge in [-0.1, -0.05) is 41.5 Å². The summed E-state index contributed by atoms with van der Waals surface area (Å²) in [7, 11) is -3.62. The average Bonchev–Trinajstić information content (AvgIpc) is 2.89. The summed E-state index contributed by atoms with van der Waals surface area (Å²) in [5.74, 6) is -0.0131. The quantitative estimate of drug-likeness (QED) is 0.784. The van der Waals surface area contributed by atoms with E-state index in [2.05, 4.69) is 14.9 Å². The maximum Gasteiger partial charge on any atom is 0.239 e. The fourth-order valence-corrected chi connectivity index (χ4v) is 4.45. The fraction of sp³-hybridized carbons (Fsp3) is 0.529. The Labute approximate surface area is 153 Å². The largest absolute Gasteiger partial charge is 0.507 e. The molecule has 0 amide bonds. The van der Waals surface area contributed by atoms with Gasteiger partial charge in [0.15, 0.2) is 0 Å². The lowest BCUT2D eigenvalue weighted by molar-refractivity contribution is 0.423. The van der Waals surface area contributed by atoms with Crippen molar-refractivity contribution in [2.45, 2.75) is 58.1 Å². The van der Waals surface area contributed by atoms with Crippen LogP contribution in [0.25, 0.3) is 0 Å². The molecule has 2 N–H and O–H groups in total. The molecule has 0 aliphatic heterocycles. The Morgan fingerprint density at radius 1 is 1.08 bits per heavy atom. The molecular formula is C17H25N3O3S2. The molecule has 2 rings (SSSR count). The van der Waals surface area contributed by atoms with Crippen LogP contribution >= 0.6 is 11.3 Å². The number of benzene rings is 1. The van der Waals surface area contributed by atoms with Crippen molar-refractivity contribution >= 4 is 27.0 Å². The van der Waals surface area contributed by atoms with Crippen molar-refractivity contribution in [3.8, 4) is 5.75 Å². The predicted molar refractivity (Wildman–Crippen MR) is 102 cm³/mol. The number of aromatic nitrogens is 2. The number of phenolic OH excluding ortho intramolecular Hbond substituents is 1. The Morgan fingerprint density at radius 2 is 1.60 bits per heavy atom.